The van der Waals surface area contributed by atoms with Crippen LogP contribution in [0.15, 0.2) is 15.5 Å². The average Bonchev–Trinajstić information content (AvgIpc) is 2.22. The molecule has 6 heteroatoms. The number of nitrogens with two attached hydrogens (primary N) is 2. The molecule has 1 aromatic rings. The van der Waals surface area contributed by atoms with Gasteiger partial charge in [0.2, 0.25) is 0 Å². The van der Waals surface area contributed by atoms with E-state index in [-0.39, 0.29) is 28.7 Å². The number of nitrogens with zero attached hydrogens (tertiary/aromatic N) is 1. The maximum Gasteiger partial charge on any atom is 0.263 e. The van der Waals surface area contributed by atoms with Gasteiger partial charge in [-0.05, 0) is 28.8 Å². The molecule has 0 spiro atoms. The highest BCUT2D eigenvalue weighted by Gasteiger charge is 2.18. The van der Waals surface area contributed by atoms with Crippen molar-refractivity contribution in [3.8, 4) is 0 Å². The molecular weight excluding hydrogens is 284 g/mol. The fourth-order valence-electron chi connectivity index (χ4n) is 1.50. The summed E-state index contributed by atoms with van der Waals surface area (Å²) in [7, 11) is 0. The monoisotopic (exact) mass is 300 g/mol. The van der Waals surface area contributed by atoms with Gasteiger partial charge in [-0.15, -0.1) is 0 Å². The van der Waals surface area contributed by atoms with Crippen molar-refractivity contribution < 1.29 is 0 Å². The van der Waals surface area contributed by atoms with Crippen molar-refractivity contribution >= 4 is 27.5 Å². The Hall–Kier alpha value is -1.30. The van der Waals surface area contributed by atoms with Gasteiger partial charge in [0.1, 0.15) is 11.4 Å². The van der Waals surface area contributed by atoms with Gasteiger partial charge >= 0.3 is 0 Å². The molecule has 0 aliphatic rings. The van der Waals surface area contributed by atoms with Crippen molar-refractivity contribution in [2.75, 3.05) is 5.73 Å². The third-order valence-electron chi connectivity index (χ3n) is 2.90. The number of amidine groups is 1. The van der Waals surface area contributed by atoms with Gasteiger partial charge in [0.05, 0.1) is 10.2 Å². The molecule has 94 valence electrons. The highest BCUT2D eigenvalue weighted by atomic mass is 79.9. The SMILES string of the molecule is CC(C)[C@H](C)n1cc(Br)c(N)c(C(=N)N)c1=O. The van der Waals surface area contributed by atoms with Gasteiger partial charge in [0.15, 0.2) is 0 Å². The van der Waals surface area contributed by atoms with Gasteiger partial charge in [0.25, 0.3) is 5.56 Å². The number of nitrogens with one attached hydrogen (secondary N) is 1. The van der Waals surface area contributed by atoms with Crippen molar-refractivity contribution in [1.29, 1.82) is 5.41 Å². The third-order valence-corrected chi connectivity index (χ3v) is 3.53. The molecule has 1 aromatic heterocycles. The molecule has 0 bridgehead atoms. The average molecular weight is 301 g/mol. The molecule has 1 rings (SSSR count). The standard InChI is InChI=1S/C11H17BrN4O/c1-5(2)6(3)16-4-7(12)9(13)8(10(14)15)11(16)17/h4-6H,13H2,1-3H3,(H3,14,15)/t6-/m0/s1. The lowest BCUT2D eigenvalue weighted by molar-refractivity contribution is 0.397. The number of aromatic nitrogens is 1. The molecule has 17 heavy (non-hydrogen) atoms. The molecule has 0 fully saturated rings. The first-order valence-electron chi connectivity index (χ1n) is 5.31. The maximum absolute atomic E-state index is 12.2. The summed E-state index contributed by atoms with van der Waals surface area (Å²) in [5, 5.41) is 7.42. The molecule has 0 saturated carbocycles. The summed E-state index contributed by atoms with van der Waals surface area (Å²) in [6, 6.07) is 0.0116. The quantitative estimate of drug-likeness (QED) is 0.585. The van der Waals surface area contributed by atoms with Gasteiger partial charge in [-0.1, -0.05) is 13.8 Å². The minimum atomic E-state index is -0.320. The van der Waals surface area contributed by atoms with Crippen LogP contribution in [0, 0.1) is 11.3 Å². The summed E-state index contributed by atoms with van der Waals surface area (Å²) >= 11 is 3.28. The normalized spacial score (nSPS) is 12.8. The molecule has 5 nitrogen and oxygen atoms in total. The number of anilines is 1. The Labute approximate surface area is 108 Å². The van der Waals surface area contributed by atoms with Crippen molar-refractivity contribution in [2.24, 2.45) is 11.7 Å². The van der Waals surface area contributed by atoms with E-state index in [0.717, 1.165) is 0 Å². The van der Waals surface area contributed by atoms with E-state index in [0.29, 0.717) is 10.4 Å². The zero-order chi connectivity index (χ0) is 13.3. The topological polar surface area (TPSA) is 97.9 Å². The highest BCUT2D eigenvalue weighted by molar-refractivity contribution is 9.10. The predicted molar refractivity (Wildman–Crippen MR) is 73.4 cm³/mol. The minimum Gasteiger partial charge on any atom is -0.397 e. The lowest BCUT2D eigenvalue weighted by Gasteiger charge is -2.21. The molecule has 1 heterocycles. The van der Waals surface area contributed by atoms with Crippen LogP contribution in [0.2, 0.25) is 0 Å². The molecule has 0 aliphatic heterocycles. The Morgan fingerprint density at radius 3 is 2.41 bits per heavy atom. The molecule has 1 atom stereocenters. The fraction of sp³-hybridized carbons (Fsp3) is 0.455. The molecule has 0 aliphatic carbocycles. The van der Waals surface area contributed by atoms with Gasteiger partial charge in [-0.2, -0.15) is 0 Å². The van der Waals surface area contributed by atoms with Crippen LogP contribution < -0.4 is 17.0 Å². The molecule has 0 unspecified atom stereocenters. The van der Waals surface area contributed by atoms with E-state index >= 15 is 0 Å². The van der Waals surface area contributed by atoms with Crippen LogP contribution >= 0.6 is 15.9 Å². The van der Waals surface area contributed by atoms with Crippen LogP contribution in [0.1, 0.15) is 32.4 Å². The molecule has 0 saturated heterocycles. The number of hydrogen-bond acceptors (Lipinski definition) is 3. The van der Waals surface area contributed by atoms with Crippen LogP contribution in [0.4, 0.5) is 5.69 Å². The summed E-state index contributed by atoms with van der Waals surface area (Å²) in [6.45, 7) is 5.99. The zero-order valence-corrected chi connectivity index (χ0v) is 11.7. The first kappa shape index (κ1) is 13.8. The summed E-state index contributed by atoms with van der Waals surface area (Å²) in [4.78, 5) is 12.2. The van der Waals surface area contributed by atoms with Gasteiger partial charge in [-0.3, -0.25) is 10.2 Å². The van der Waals surface area contributed by atoms with Gasteiger partial charge in [-0.25, -0.2) is 0 Å². The smallest absolute Gasteiger partial charge is 0.263 e. The van der Waals surface area contributed by atoms with E-state index < -0.39 is 0 Å². The summed E-state index contributed by atoms with van der Waals surface area (Å²) in [5.41, 5.74) is 11.1. The van der Waals surface area contributed by atoms with E-state index in [4.69, 9.17) is 16.9 Å². The Balaban J connectivity index is 3.56. The number of rotatable bonds is 3. The van der Waals surface area contributed by atoms with E-state index in [1.807, 2.05) is 20.8 Å². The number of hydrogen-bond donors (Lipinski definition) is 3. The first-order valence-corrected chi connectivity index (χ1v) is 6.11. The second kappa shape index (κ2) is 4.91. The van der Waals surface area contributed by atoms with Crippen LogP contribution in [-0.2, 0) is 0 Å². The van der Waals surface area contributed by atoms with E-state index in [2.05, 4.69) is 15.9 Å². The third kappa shape index (κ3) is 2.52. The van der Waals surface area contributed by atoms with E-state index in [1.54, 1.807) is 10.8 Å². The van der Waals surface area contributed by atoms with E-state index in [1.165, 1.54) is 0 Å². The maximum atomic E-state index is 12.2. The Morgan fingerprint density at radius 1 is 1.47 bits per heavy atom. The highest BCUT2D eigenvalue weighted by Crippen LogP contribution is 2.23. The summed E-state index contributed by atoms with van der Waals surface area (Å²) in [6.07, 6.45) is 1.65. The van der Waals surface area contributed by atoms with Crippen LogP contribution in [0.3, 0.4) is 0 Å². The Bertz CT molecular complexity index is 507. The minimum absolute atomic E-state index is 0.0116. The Kier molecular flexibility index (Phi) is 3.98. The van der Waals surface area contributed by atoms with Crippen molar-refractivity contribution in [3.63, 3.8) is 0 Å². The molecule has 0 amide bonds. The van der Waals surface area contributed by atoms with Crippen LogP contribution in [0.5, 0.6) is 0 Å². The molecule has 5 N–H and O–H groups in total. The fourth-order valence-corrected chi connectivity index (χ4v) is 1.92. The van der Waals surface area contributed by atoms with Crippen molar-refractivity contribution in [1.82, 2.24) is 4.57 Å². The predicted octanol–water partition coefficient (Wildman–Crippen LogP) is 1.69. The number of halogens is 1. The largest absolute Gasteiger partial charge is 0.397 e. The summed E-state index contributed by atoms with van der Waals surface area (Å²) < 4.78 is 2.14. The second-order valence-corrected chi connectivity index (χ2v) is 5.23. The number of nitrogen functional groups attached to an aromatic ring is 2. The lowest BCUT2D eigenvalue weighted by Crippen LogP contribution is -2.33. The van der Waals surface area contributed by atoms with Crippen LogP contribution in [0.25, 0.3) is 0 Å². The first-order chi connectivity index (χ1) is 7.77. The summed E-state index contributed by atoms with van der Waals surface area (Å²) in [5.74, 6) is -0.0125. The lowest BCUT2D eigenvalue weighted by atomic mass is 10.1. The molecule has 0 radical (unpaired) electrons. The molecular formula is C11H17BrN4O. The molecule has 0 aromatic carbocycles. The number of pyridine rings is 1. The second-order valence-electron chi connectivity index (χ2n) is 4.38. The van der Waals surface area contributed by atoms with Crippen molar-refractivity contribution in [2.45, 2.75) is 26.8 Å². The zero-order valence-electron chi connectivity index (χ0n) is 10.1. The Morgan fingerprint density at radius 2 is 2.00 bits per heavy atom. The van der Waals surface area contributed by atoms with Gasteiger partial charge in [0, 0.05) is 12.2 Å². The van der Waals surface area contributed by atoms with Gasteiger partial charge < -0.3 is 16.0 Å². The van der Waals surface area contributed by atoms with Crippen molar-refractivity contribution in [3.05, 3.63) is 26.6 Å². The van der Waals surface area contributed by atoms with Crippen LogP contribution in [-0.4, -0.2) is 10.4 Å². The van der Waals surface area contributed by atoms with E-state index in [9.17, 15) is 4.79 Å².